The Labute approximate surface area is 84.6 Å². The van der Waals surface area contributed by atoms with Gasteiger partial charge in [0.1, 0.15) is 0 Å². The lowest BCUT2D eigenvalue weighted by molar-refractivity contribution is 0.638. The second kappa shape index (κ2) is 3.81. The minimum atomic E-state index is 0.181. The molecule has 2 atom stereocenters. The van der Waals surface area contributed by atoms with Gasteiger partial charge >= 0.3 is 0 Å². The Morgan fingerprint density at radius 1 is 1.50 bits per heavy atom. The van der Waals surface area contributed by atoms with Gasteiger partial charge in [0.15, 0.2) is 0 Å². The molecule has 0 radical (unpaired) electrons. The van der Waals surface area contributed by atoms with E-state index >= 15 is 0 Å². The van der Waals surface area contributed by atoms with Gasteiger partial charge in [0, 0.05) is 12.6 Å². The van der Waals surface area contributed by atoms with E-state index in [1.54, 1.807) is 0 Å². The average Bonchev–Trinajstić information content (AvgIpc) is 2.66. The van der Waals surface area contributed by atoms with Gasteiger partial charge in [-0.25, -0.2) is 0 Å². The highest BCUT2D eigenvalue weighted by Crippen LogP contribution is 2.26. The SMILES string of the molecule is Cc1cccc(C2CC(C#N)CN2)c1. The van der Waals surface area contributed by atoms with Gasteiger partial charge in [-0.2, -0.15) is 5.26 Å². The van der Waals surface area contributed by atoms with Gasteiger partial charge in [0.2, 0.25) is 0 Å². The van der Waals surface area contributed by atoms with Crippen LogP contribution in [0, 0.1) is 24.2 Å². The van der Waals surface area contributed by atoms with Gasteiger partial charge in [-0.15, -0.1) is 0 Å². The molecule has 1 heterocycles. The van der Waals surface area contributed by atoms with Crippen molar-refractivity contribution in [3.8, 4) is 6.07 Å². The standard InChI is InChI=1S/C12H14N2/c1-9-3-2-4-11(5-9)12-6-10(7-13)8-14-12/h2-5,10,12,14H,6,8H2,1H3. The molecule has 0 aliphatic carbocycles. The third-order valence-corrected chi connectivity index (χ3v) is 2.76. The summed E-state index contributed by atoms with van der Waals surface area (Å²) < 4.78 is 0. The first-order valence-corrected chi connectivity index (χ1v) is 4.99. The molecular weight excluding hydrogens is 172 g/mol. The van der Waals surface area contributed by atoms with E-state index in [-0.39, 0.29) is 5.92 Å². The predicted molar refractivity (Wildman–Crippen MR) is 55.6 cm³/mol. The molecular formula is C12H14N2. The topological polar surface area (TPSA) is 35.8 Å². The predicted octanol–water partition coefficient (Wildman–Crippen LogP) is 2.17. The summed E-state index contributed by atoms with van der Waals surface area (Å²) in [5.41, 5.74) is 2.59. The largest absolute Gasteiger partial charge is 0.309 e. The van der Waals surface area contributed by atoms with Gasteiger partial charge in [-0.05, 0) is 18.9 Å². The van der Waals surface area contributed by atoms with E-state index in [1.807, 2.05) is 0 Å². The number of aryl methyl sites for hydroxylation is 1. The van der Waals surface area contributed by atoms with Crippen molar-refractivity contribution in [3.05, 3.63) is 35.4 Å². The molecule has 0 amide bonds. The van der Waals surface area contributed by atoms with Crippen LogP contribution in [0.25, 0.3) is 0 Å². The molecule has 2 heteroatoms. The quantitative estimate of drug-likeness (QED) is 0.729. The summed E-state index contributed by atoms with van der Waals surface area (Å²) >= 11 is 0. The van der Waals surface area contributed by atoms with Crippen LogP contribution in [-0.2, 0) is 0 Å². The molecule has 1 aliphatic rings. The van der Waals surface area contributed by atoms with Crippen LogP contribution in [0.2, 0.25) is 0 Å². The zero-order chi connectivity index (χ0) is 9.97. The van der Waals surface area contributed by atoms with Crippen LogP contribution >= 0.6 is 0 Å². The summed E-state index contributed by atoms with van der Waals surface area (Å²) in [4.78, 5) is 0. The van der Waals surface area contributed by atoms with Gasteiger partial charge in [-0.3, -0.25) is 0 Å². The van der Waals surface area contributed by atoms with Crippen LogP contribution in [0.3, 0.4) is 0 Å². The van der Waals surface area contributed by atoms with Gasteiger partial charge in [-0.1, -0.05) is 29.8 Å². The normalized spacial score (nSPS) is 26.0. The van der Waals surface area contributed by atoms with Crippen LogP contribution < -0.4 is 5.32 Å². The van der Waals surface area contributed by atoms with E-state index < -0.39 is 0 Å². The highest BCUT2D eigenvalue weighted by atomic mass is 14.9. The number of nitrogens with one attached hydrogen (secondary N) is 1. The lowest BCUT2D eigenvalue weighted by atomic mass is 10.00. The Morgan fingerprint density at radius 2 is 2.36 bits per heavy atom. The molecule has 14 heavy (non-hydrogen) atoms. The van der Waals surface area contributed by atoms with Crippen molar-refractivity contribution in [2.24, 2.45) is 5.92 Å². The molecule has 1 fully saturated rings. The molecule has 1 aliphatic heterocycles. The van der Waals surface area contributed by atoms with Crippen molar-refractivity contribution in [1.82, 2.24) is 5.32 Å². The lowest BCUT2D eigenvalue weighted by Crippen LogP contribution is -2.13. The van der Waals surface area contributed by atoms with Crippen LogP contribution in [0.5, 0.6) is 0 Å². The molecule has 0 spiro atoms. The van der Waals surface area contributed by atoms with Gasteiger partial charge in [0.25, 0.3) is 0 Å². The maximum absolute atomic E-state index is 8.80. The van der Waals surface area contributed by atoms with E-state index in [2.05, 4.69) is 42.6 Å². The van der Waals surface area contributed by atoms with E-state index in [0.29, 0.717) is 6.04 Å². The smallest absolute Gasteiger partial charge is 0.0669 e. The summed E-state index contributed by atoms with van der Waals surface area (Å²) in [7, 11) is 0. The molecule has 1 aromatic rings. The lowest BCUT2D eigenvalue weighted by Gasteiger charge is -2.10. The molecule has 0 saturated carbocycles. The number of rotatable bonds is 1. The highest BCUT2D eigenvalue weighted by Gasteiger charge is 2.24. The summed E-state index contributed by atoms with van der Waals surface area (Å²) in [6.07, 6.45) is 0.944. The van der Waals surface area contributed by atoms with Crippen molar-refractivity contribution in [1.29, 1.82) is 5.26 Å². The summed E-state index contributed by atoms with van der Waals surface area (Å²) in [5, 5.41) is 12.2. The highest BCUT2D eigenvalue weighted by molar-refractivity contribution is 5.26. The van der Waals surface area contributed by atoms with E-state index in [1.165, 1.54) is 11.1 Å². The summed E-state index contributed by atoms with van der Waals surface area (Å²) in [6.45, 7) is 2.93. The molecule has 1 N–H and O–H groups in total. The first-order chi connectivity index (χ1) is 6.79. The number of nitriles is 1. The van der Waals surface area contributed by atoms with Crippen molar-refractivity contribution in [2.75, 3.05) is 6.54 Å². The molecule has 1 aromatic carbocycles. The fourth-order valence-corrected chi connectivity index (χ4v) is 1.97. The maximum Gasteiger partial charge on any atom is 0.0669 e. The van der Waals surface area contributed by atoms with Crippen molar-refractivity contribution >= 4 is 0 Å². The van der Waals surface area contributed by atoms with Gasteiger partial charge < -0.3 is 5.32 Å². The minimum Gasteiger partial charge on any atom is -0.309 e. The van der Waals surface area contributed by atoms with Gasteiger partial charge in [0.05, 0.1) is 12.0 Å². The summed E-state index contributed by atoms with van der Waals surface area (Å²) in [6, 6.07) is 11.2. The van der Waals surface area contributed by atoms with Crippen LogP contribution in [0.4, 0.5) is 0 Å². The van der Waals surface area contributed by atoms with E-state index in [9.17, 15) is 0 Å². The Bertz CT molecular complexity index is 365. The van der Waals surface area contributed by atoms with Crippen LogP contribution in [0.1, 0.15) is 23.6 Å². The third-order valence-electron chi connectivity index (χ3n) is 2.76. The first-order valence-electron chi connectivity index (χ1n) is 4.99. The number of benzene rings is 1. The molecule has 0 bridgehead atoms. The minimum absolute atomic E-state index is 0.181. The molecule has 0 aromatic heterocycles. The average molecular weight is 186 g/mol. The Hall–Kier alpha value is -1.33. The van der Waals surface area contributed by atoms with E-state index in [4.69, 9.17) is 5.26 Å². The third kappa shape index (κ3) is 1.78. The zero-order valence-corrected chi connectivity index (χ0v) is 8.33. The van der Waals surface area contributed by atoms with Crippen molar-refractivity contribution in [2.45, 2.75) is 19.4 Å². The maximum atomic E-state index is 8.80. The van der Waals surface area contributed by atoms with Crippen LogP contribution in [-0.4, -0.2) is 6.54 Å². The fourth-order valence-electron chi connectivity index (χ4n) is 1.97. The summed E-state index contributed by atoms with van der Waals surface area (Å²) in [5.74, 6) is 0.181. The van der Waals surface area contributed by atoms with Crippen molar-refractivity contribution in [3.63, 3.8) is 0 Å². The fraction of sp³-hybridized carbons (Fsp3) is 0.417. The Morgan fingerprint density at radius 3 is 3.00 bits per heavy atom. The monoisotopic (exact) mass is 186 g/mol. The van der Waals surface area contributed by atoms with E-state index in [0.717, 1.165) is 13.0 Å². The Kier molecular flexibility index (Phi) is 2.51. The second-order valence-electron chi connectivity index (χ2n) is 3.94. The number of hydrogen-bond acceptors (Lipinski definition) is 2. The second-order valence-corrected chi connectivity index (χ2v) is 3.94. The molecule has 2 rings (SSSR count). The number of hydrogen-bond donors (Lipinski definition) is 1. The number of nitrogens with zero attached hydrogens (tertiary/aromatic N) is 1. The molecule has 1 saturated heterocycles. The van der Waals surface area contributed by atoms with Crippen molar-refractivity contribution < 1.29 is 0 Å². The first kappa shape index (κ1) is 9.23. The zero-order valence-electron chi connectivity index (χ0n) is 8.33. The van der Waals surface area contributed by atoms with Crippen LogP contribution in [0.15, 0.2) is 24.3 Å². The molecule has 2 unspecified atom stereocenters. The molecule has 2 nitrogen and oxygen atoms in total. The Balaban J connectivity index is 2.14. The molecule has 72 valence electrons.